The first-order valence-corrected chi connectivity index (χ1v) is 11.7. The molecule has 3 aliphatic rings. The summed E-state index contributed by atoms with van der Waals surface area (Å²) in [7, 11) is 0. The summed E-state index contributed by atoms with van der Waals surface area (Å²) in [4.78, 5) is 37.4. The summed E-state index contributed by atoms with van der Waals surface area (Å²) in [6.45, 7) is 1.41. The predicted octanol–water partition coefficient (Wildman–Crippen LogP) is 3.59. The van der Waals surface area contributed by atoms with Crippen LogP contribution in [-0.4, -0.2) is 60.1 Å². The van der Waals surface area contributed by atoms with Gasteiger partial charge in [0.1, 0.15) is 12.5 Å². The number of alkyl carbamates (subject to hydrolysis) is 1. The number of alkyl halides is 2. The van der Waals surface area contributed by atoms with Crippen LogP contribution in [0.2, 0.25) is 0 Å². The molecule has 9 heteroatoms. The van der Waals surface area contributed by atoms with Gasteiger partial charge in [-0.05, 0) is 28.2 Å². The van der Waals surface area contributed by atoms with Gasteiger partial charge in [0.2, 0.25) is 5.91 Å². The number of nitrogens with zero attached hydrogens (tertiary/aromatic N) is 1. The van der Waals surface area contributed by atoms with Gasteiger partial charge in [0.15, 0.2) is 0 Å². The van der Waals surface area contributed by atoms with E-state index in [9.17, 15) is 28.3 Å². The molecule has 2 fully saturated rings. The van der Waals surface area contributed by atoms with Crippen LogP contribution in [0.15, 0.2) is 48.5 Å². The van der Waals surface area contributed by atoms with Crippen LogP contribution in [0.4, 0.5) is 13.6 Å². The van der Waals surface area contributed by atoms with E-state index in [1.165, 1.54) is 4.90 Å². The van der Waals surface area contributed by atoms with Crippen LogP contribution in [0.25, 0.3) is 11.1 Å². The van der Waals surface area contributed by atoms with Crippen LogP contribution in [-0.2, 0) is 14.3 Å². The summed E-state index contributed by atoms with van der Waals surface area (Å²) >= 11 is 0. The molecule has 35 heavy (non-hydrogen) atoms. The molecule has 0 radical (unpaired) electrons. The number of hydrogen-bond donors (Lipinski definition) is 2. The van der Waals surface area contributed by atoms with Crippen LogP contribution < -0.4 is 5.32 Å². The Balaban J connectivity index is 1.16. The maximum absolute atomic E-state index is 14.4. The number of benzene rings is 2. The number of carboxylic acids is 1. The highest BCUT2D eigenvalue weighted by Gasteiger charge is 2.72. The highest BCUT2D eigenvalue weighted by Crippen LogP contribution is 2.56. The number of halogens is 2. The molecule has 2 N–H and O–H groups in total. The van der Waals surface area contributed by atoms with E-state index >= 15 is 0 Å². The fourth-order valence-electron chi connectivity index (χ4n) is 5.49. The Morgan fingerprint density at radius 2 is 1.66 bits per heavy atom. The zero-order valence-electron chi connectivity index (χ0n) is 19.1. The third-order valence-electron chi connectivity index (χ3n) is 7.52. The molecule has 2 amide bonds. The Labute approximate surface area is 201 Å². The van der Waals surface area contributed by atoms with E-state index in [0.29, 0.717) is 0 Å². The minimum Gasteiger partial charge on any atom is -0.481 e. The first-order chi connectivity index (χ1) is 16.7. The van der Waals surface area contributed by atoms with Crippen molar-refractivity contribution in [2.45, 2.75) is 18.8 Å². The van der Waals surface area contributed by atoms with Gasteiger partial charge in [-0.1, -0.05) is 55.5 Å². The van der Waals surface area contributed by atoms with E-state index in [1.54, 1.807) is 6.92 Å². The van der Waals surface area contributed by atoms with Crippen LogP contribution >= 0.6 is 0 Å². The largest absolute Gasteiger partial charge is 0.481 e. The number of aliphatic carboxylic acids is 1. The topological polar surface area (TPSA) is 95.9 Å². The lowest BCUT2D eigenvalue weighted by Gasteiger charge is -2.16. The molecule has 0 spiro atoms. The number of ether oxygens (including phenoxy) is 1. The highest BCUT2D eigenvalue weighted by molar-refractivity contribution is 5.85. The Morgan fingerprint density at radius 1 is 1.06 bits per heavy atom. The highest BCUT2D eigenvalue weighted by atomic mass is 19.3. The maximum Gasteiger partial charge on any atom is 0.407 e. The molecular formula is C26H26F2N2O5. The molecule has 4 atom stereocenters. The SMILES string of the molecule is C[C@@H]1CN(C(=O)[C@@H]2[C@H](CNC(=O)OCC3c4ccccc4-c4ccccc43)C2(F)F)C[C@H]1C(=O)O. The Morgan fingerprint density at radius 3 is 2.23 bits per heavy atom. The van der Waals surface area contributed by atoms with Gasteiger partial charge in [0.05, 0.1) is 11.8 Å². The third-order valence-corrected chi connectivity index (χ3v) is 7.52. The molecule has 1 saturated carbocycles. The smallest absolute Gasteiger partial charge is 0.407 e. The first kappa shape index (κ1) is 23.3. The molecule has 0 unspecified atom stereocenters. The summed E-state index contributed by atoms with van der Waals surface area (Å²) < 4.78 is 34.1. The number of rotatable bonds is 6. The van der Waals surface area contributed by atoms with E-state index < -0.39 is 48.2 Å². The molecule has 1 saturated heterocycles. The van der Waals surface area contributed by atoms with Gasteiger partial charge < -0.3 is 20.1 Å². The molecule has 5 rings (SSSR count). The van der Waals surface area contributed by atoms with E-state index in [0.717, 1.165) is 22.3 Å². The Bertz CT molecular complexity index is 1140. The summed E-state index contributed by atoms with van der Waals surface area (Å²) in [6.07, 6.45) is -0.818. The van der Waals surface area contributed by atoms with Gasteiger partial charge in [-0.15, -0.1) is 0 Å². The normalized spacial score (nSPS) is 26.1. The molecule has 1 aliphatic heterocycles. The monoisotopic (exact) mass is 484 g/mol. The zero-order valence-corrected chi connectivity index (χ0v) is 19.1. The second kappa shape index (κ2) is 8.62. The third kappa shape index (κ3) is 4.02. The molecule has 1 heterocycles. The summed E-state index contributed by atoms with van der Waals surface area (Å²) in [6, 6.07) is 15.7. The number of carbonyl (C=O) groups excluding carboxylic acids is 2. The number of nitrogens with one attached hydrogen (secondary N) is 1. The lowest BCUT2D eigenvalue weighted by molar-refractivity contribution is -0.142. The van der Waals surface area contributed by atoms with E-state index in [1.807, 2.05) is 48.5 Å². The van der Waals surface area contributed by atoms with Gasteiger partial charge in [0.25, 0.3) is 5.92 Å². The molecule has 2 aromatic rings. The average molecular weight is 484 g/mol. The van der Waals surface area contributed by atoms with Crippen molar-refractivity contribution in [3.8, 4) is 11.1 Å². The fourth-order valence-corrected chi connectivity index (χ4v) is 5.49. The summed E-state index contributed by atoms with van der Waals surface area (Å²) in [5.41, 5.74) is 4.25. The van der Waals surface area contributed by atoms with Crippen LogP contribution in [0.1, 0.15) is 24.0 Å². The molecule has 0 aromatic heterocycles. The van der Waals surface area contributed by atoms with E-state index in [-0.39, 0.29) is 31.5 Å². The standard InChI is InChI=1S/C26H26F2N2O5/c1-14-11-30(12-19(14)24(32)33)23(31)22-21(26(22,27)28)10-29-25(34)35-13-20-17-8-4-2-6-15(17)16-7-3-5-9-18(16)20/h2-9,14,19-22H,10-13H2,1H3,(H,29,34)(H,32,33)/t14-,19-,21+,22+/m1/s1. The molecule has 7 nitrogen and oxygen atoms in total. The second-order valence-corrected chi connectivity index (χ2v) is 9.63. The molecule has 2 aromatic carbocycles. The van der Waals surface area contributed by atoms with Crippen molar-refractivity contribution in [2.24, 2.45) is 23.7 Å². The van der Waals surface area contributed by atoms with Crippen LogP contribution in [0.3, 0.4) is 0 Å². The quantitative estimate of drug-likeness (QED) is 0.654. The lowest BCUT2D eigenvalue weighted by Crippen LogP contribution is -2.33. The lowest BCUT2D eigenvalue weighted by atomic mass is 9.98. The predicted molar refractivity (Wildman–Crippen MR) is 122 cm³/mol. The van der Waals surface area contributed by atoms with E-state index in [2.05, 4.69) is 5.32 Å². The summed E-state index contributed by atoms with van der Waals surface area (Å²) in [5, 5.41) is 11.6. The zero-order chi connectivity index (χ0) is 24.9. The van der Waals surface area contributed by atoms with E-state index in [4.69, 9.17) is 4.74 Å². The summed E-state index contributed by atoms with van der Waals surface area (Å²) in [5.74, 6) is -9.16. The van der Waals surface area contributed by atoms with Crippen molar-refractivity contribution >= 4 is 18.0 Å². The molecular weight excluding hydrogens is 458 g/mol. The van der Waals surface area contributed by atoms with Crippen molar-refractivity contribution in [3.63, 3.8) is 0 Å². The van der Waals surface area contributed by atoms with Crippen molar-refractivity contribution in [1.82, 2.24) is 10.2 Å². The van der Waals surface area contributed by atoms with Crippen molar-refractivity contribution in [2.75, 3.05) is 26.2 Å². The van der Waals surface area contributed by atoms with Crippen molar-refractivity contribution in [1.29, 1.82) is 0 Å². The number of hydrogen-bond acceptors (Lipinski definition) is 4. The first-order valence-electron chi connectivity index (χ1n) is 11.7. The number of fused-ring (bicyclic) bond motifs is 3. The van der Waals surface area contributed by atoms with Crippen molar-refractivity contribution in [3.05, 3.63) is 59.7 Å². The maximum atomic E-state index is 14.4. The second-order valence-electron chi connectivity index (χ2n) is 9.63. The number of carboxylic acid groups (broad SMARTS) is 1. The number of likely N-dealkylation sites (tertiary alicyclic amines) is 1. The fraction of sp³-hybridized carbons (Fsp3) is 0.423. The Hall–Kier alpha value is -3.49. The minimum absolute atomic E-state index is 0.0610. The molecule has 184 valence electrons. The molecule has 0 bridgehead atoms. The van der Waals surface area contributed by atoms with Gasteiger partial charge in [-0.2, -0.15) is 0 Å². The van der Waals surface area contributed by atoms with Crippen LogP contribution in [0.5, 0.6) is 0 Å². The minimum atomic E-state index is -3.25. The average Bonchev–Trinajstić information content (AvgIpc) is 3.11. The van der Waals surface area contributed by atoms with Gasteiger partial charge >= 0.3 is 12.1 Å². The molecule has 2 aliphatic carbocycles. The van der Waals surface area contributed by atoms with Gasteiger partial charge in [0, 0.05) is 25.6 Å². The van der Waals surface area contributed by atoms with Crippen molar-refractivity contribution < 1.29 is 33.0 Å². The number of amides is 2. The number of carbonyl (C=O) groups is 3. The van der Waals surface area contributed by atoms with Gasteiger partial charge in [-0.25, -0.2) is 13.6 Å². The van der Waals surface area contributed by atoms with Crippen LogP contribution in [0, 0.1) is 23.7 Å². The van der Waals surface area contributed by atoms with Gasteiger partial charge in [-0.3, -0.25) is 9.59 Å². The Kier molecular flexibility index (Phi) is 5.73.